The normalized spacial score (nSPS) is 10.9. The van der Waals surface area contributed by atoms with Crippen LogP contribution in [0.25, 0.3) is 11.1 Å². The molecule has 0 bridgehead atoms. The second-order valence-corrected chi connectivity index (χ2v) is 6.08. The minimum atomic E-state index is -0.457. The van der Waals surface area contributed by atoms with Crippen molar-refractivity contribution in [2.24, 2.45) is 0 Å². The first-order chi connectivity index (χ1) is 12.0. The monoisotopic (exact) mass is 338 g/mol. The Balaban J connectivity index is 2.10. The lowest BCUT2D eigenvalue weighted by Gasteiger charge is -2.16. The minimum absolute atomic E-state index is 0.0697. The van der Waals surface area contributed by atoms with E-state index in [0.717, 1.165) is 17.3 Å². The Hall–Kier alpha value is -3.07. The maximum absolute atomic E-state index is 13.8. The molecule has 0 N–H and O–H groups in total. The van der Waals surface area contributed by atoms with Crippen molar-refractivity contribution >= 4 is 0 Å². The number of halogens is 2. The molecule has 0 fully saturated rings. The molecular weight excluding hydrogens is 322 g/mol. The SMILES string of the molecule is CC(C)c1cc(F)ccc1-c1cc(F)cnc1Cn1cnc(C#N)c1. The Morgan fingerprint density at radius 1 is 1.12 bits per heavy atom. The van der Waals surface area contributed by atoms with Crippen LogP contribution in [0.4, 0.5) is 8.78 Å². The van der Waals surface area contributed by atoms with Crippen molar-refractivity contribution in [3.63, 3.8) is 0 Å². The van der Waals surface area contributed by atoms with Crippen LogP contribution in [0, 0.1) is 23.0 Å². The number of nitriles is 1. The van der Waals surface area contributed by atoms with Gasteiger partial charge in [0.1, 0.15) is 17.7 Å². The molecule has 2 heterocycles. The average Bonchev–Trinajstić information content (AvgIpc) is 3.04. The van der Waals surface area contributed by atoms with Gasteiger partial charge in [-0.1, -0.05) is 19.9 Å². The zero-order chi connectivity index (χ0) is 18.0. The highest BCUT2D eigenvalue weighted by Crippen LogP contribution is 2.32. The molecule has 0 aliphatic heterocycles. The summed E-state index contributed by atoms with van der Waals surface area (Å²) in [6.45, 7) is 4.25. The Morgan fingerprint density at radius 2 is 1.92 bits per heavy atom. The second-order valence-electron chi connectivity index (χ2n) is 6.08. The molecule has 3 rings (SSSR count). The van der Waals surface area contributed by atoms with E-state index in [0.29, 0.717) is 23.5 Å². The Bertz CT molecular complexity index is 954. The summed E-state index contributed by atoms with van der Waals surface area (Å²) >= 11 is 0. The summed E-state index contributed by atoms with van der Waals surface area (Å²) in [5, 5.41) is 8.88. The van der Waals surface area contributed by atoms with Crippen molar-refractivity contribution in [1.82, 2.24) is 14.5 Å². The maximum atomic E-state index is 13.8. The van der Waals surface area contributed by atoms with Gasteiger partial charge >= 0.3 is 0 Å². The summed E-state index contributed by atoms with van der Waals surface area (Å²) in [5.41, 5.74) is 3.07. The molecule has 0 aliphatic rings. The van der Waals surface area contributed by atoms with Gasteiger partial charge in [-0.2, -0.15) is 5.26 Å². The predicted molar refractivity (Wildman–Crippen MR) is 89.7 cm³/mol. The van der Waals surface area contributed by atoms with Crippen molar-refractivity contribution < 1.29 is 8.78 Å². The van der Waals surface area contributed by atoms with E-state index in [4.69, 9.17) is 5.26 Å². The zero-order valence-corrected chi connectivity index (χ0v) is 13.9. The molecule has 4 nitrogen and oxygen atoms in total. The van der Waals surface area contributed by atoms with E-state index in [9.17, 15) is 8.78 Å². The molecular formula is C19H16F2N4. The van der Waals surface area contributed by atoms with Gasteiger partial charge < -0.3 is 4.57 Å². The lowest BCUT2D eigenvalue weighted by Crippen LogP contribution is -2.04. The van der Waals surface area contributed by atoms with E-state index < -0.39 is 5.82 Å². The number of hydrogen-bond donors (Lipinski definition) is 0. The molecule has 126 valence electrons. The topological polar surface area (TPSA) is 54.5 Å². The quantitative estimate of drug-likeness (QED) is 0.714. The fraction of sp³-hybridized carbons (Fsp3) is 0.211. The summed E-state index contributed by atoms with van der Waals surface area (Å²) in [6.07, 6.45) is 4.28. The van der Waals surface area contributed by atoms with Crippen molar-refractivity contribution in [2.75, 3.05) is 0 Å². The summed E-state index contributed by atoms with van der Waals surface area (Å²) in [5.74, 6) is -0.715. The van der Waals surface area contributed by atoms with Gasteiger partial charge in [-0.15, -0.1) is 0 Å². The van der Waals surface area contributed by atoms with Gasteiger partial charge in [0.25, 0.3) is 0 Å². The Labute approximate surface area is 144 Å². The minimum Gasteiger partial charge on any atom is -0.330 e. The van der Waals surface area contributed by atoms with Gasteiger partial charge in [0.15, 0.2) is 5.69 Å². The highest BCUT2D eigenvalue weighted by atomic mass is 19.1. The predicted octanol–water partition coefficient (Wildman–Crippen LogP) is 4.27. The lowest BCUT2D eigenvalue weighted by atomic mass is 9.91. The summed E-state index contributed by atoms with van der Waals surface area (Å²) in [7, 11) is 0. The van der Waals surface area contributed by atoms with E-state index in [-0.39, 0.29) is 11.7 Å². The van der Waals surface area contributed by atoms with Crippen molar-refractivity contribution in [3.05, 3.63) is 71.6 Å². The third-order valence-corrected chi connectivity index (χ3v) is 3.94. The van der Waals surface area contributed by atoms with E-state index >= 15 is 0 Å². The fourth-order valence-corrected chi connectivity index (χ4v) is 2.76. The molecule has 0 saturated heterocycles. The number of pyridine rings is 1. The fourth-order valence-electron chi connectivity index (χ4n) is 2.76. The van der Waals surface area contributed by atoms with Crippen LogP contribution >= 0.6 is 0 Å². The van der Waals surface area contributed by atoms with Crippen LogP contribution in [0.15, 0.2) is 43.0 Å². The van der Waals surface area contributed by atoms with E-state index in [1.54, 1.807) is 16.8 Å². The maximum Gasteiger partial charge on any atom is 0.158 e. The van der Waals surface area contributed by atoms with Gasteiger partial charge in [-0.05, 0) is 35.2 Å². The standard InChI is InChI=1S/C19H16F2N4/c1-12(2)17-5-13(20)3-4-16(17)18-6-14(21)8-23-19(18)10-25-9-15(7-22)24-11-25/h3-6,8-9,11-12H,10H2,1-2H3. The molecule has 0 radical (unpaired) electrons. The molecule has 2 aromatic heterocycles. The molecule has 0 amide bonds. The van der Waals surface area contributed by atoms with Crippen LogP contribution < -0.4 is 0 Å². The van der Waals surface area contributed by atoms with Crippen molar-refractivity contribution in [2.45, 2.75) is 26.3 Å². The number of aromatic nitrogens is 3. The molecule has 0 spiro atoms. The number of benzene rings is 1. The molecule has 0 atom stereocenters. The molecule has 3 aromatic rings. The first-order valence-corrected chi connectivity index (χ1v) is 7.84. The van der Waals surface area contributed by atoms with Gasteiger partial charge in [-0.3, -0.25) is 4.98 Å². The average molecular weight is 338 g/mol. The summed E-state index contributed by atoms with van der Waals surface area (Å²) < 4.78 is 29.2. The van der Waals surface area contributed by atoms with Crippen molar-refractivity contribution in [3.8, 4) is 17.2 Å². The number of rotatable bonds is 4. The zero-order valence-electron chi connectivity index (χ0n) is 13.9. The van der Waals surface area contributed by atoms with Crippen LogP contribution in [0.5, 0.6) is 0 Å². The van der Waals surface area contributed by atoms with Crippen LogP contribution in [0.2, 0.25) is 0 Å². The molecule has 0 aliphatic carbocycles. The summed E-state index contributed by atoms with van der Waals surface area (Å²) in [6, 6.07) is 7.86. The molecule has 6 heteroatoms. The number of nitrogens with zero attached hydrogens (tertiary/aromatic N) is 4. The molecule has 0 saturated carbocycles. The second kappa shape index (κ2) is 6.81. The van der Waals surface area contributed by atoms with Crippen LogP contribution in [-0.2, 0) is 6.54 Å². The van der Waals surface area contributed by atoms with Crippen LogP contribution in [-0.4, -0.2) is 14.5 Å². The first kappa shape index (κ1) is 16.8. The van der Waals surface area contributed by atoms with Crippen LogP contribution in [0.3, 0.4) is 0 Å². The summed E-state index contributed by atoms with van der Waals surface area (Å²) in [4.78, 5) is 8.17. The highest BCUT2D eigenvalue weighted by molar-refractivity contribution is 5.70. The van der Waals surface area contributed by atoms with E-state index in [1.165, 1.54) is 24.5 Å². The Kier molecular flexibility index (Phi) is 4.57. The van der Waals surface area contributed by atoms with E-state index in [1.807, 2.05) is 19.9 Å². The molecule has 1 aromatic carbocycles. The van der Waals surface area contributed by atoms with Gasteiger partial charge in [0, 0.05) is 11.8 Å². The van der Waals surface area contributed by atoms with Gasteiger partial charge in [0.05, 0.1) is 24.8 Å². The first-order valence-electron chi connectivity index (χ1n) is 7.84. The number of imidazole rings is 1. The van der Waals surface area contributed by atoms with E-state index in [2.05, 4.69) is 9.97 Å². The molecule has 25 heavy (non-hydrogen) atoms. The third kappa shape index (κ3) is 3.56. The highest BCUT2D eigenvalue weighted by Gasteiger charge is 2.15. The smallest absolute Gasteiger partial charge is 0.158 e. The molecule has 0 unspecified atom stereocenters. The number of hydrogen-bond acceptors (Lipinski definition) is 3. The van der Waals surface area contributed by atoms with Gasteiger partial charge in [0.2, 0.25) is 0 Å². The Morgan fingerprint density at radius 3 is 2.60 bits per heavy atom. The lowest BCUT2D eigenvalue weighted by molar-refractivity contribution is 0.617. The van der Waals surface area contributed by atoms with Gasteiger partial charge in [-0.25, -0.2) is 13.8 Å². The van der Waals surface area contributed by atoms with Crippen molar-refractivity contribution in [1.29, 1.82) is 5.26 Å². The third-order valence-electron chi connectivity index (χ3n) is 3.94. The van der Waals surface area contributed by atoms with Crippen LogP contribution in [0.1, 0.15) is 36.7 Å². The largest absolute Gasteiger partial charge is 0.330 e.